The molecule has 0 bridgehead atoms. The van der Waals surface area contributed by atoms with Crippen LogP contribution in [0.15, 0.2) is 29.4 Å². The van der Waals surface area contributed by atoms with Crippen molar-refractivity contribution < 1.29 is 9.59 Å². The lowest BCUT2D eigenvalue weighted by atomic mass is 10.1. The van der Waals surface area contributed by atoms with Crippen LogP contribution in [0.2, 0.25) is 0 Å². The number of fused-ring (bicyclic) bond motifs is 3. The first kappa shape index (κ1) is 18.9. The normalized spacial score (nSPS) is 30.5. The van der Waals surface area contributed by atoms with Crippen LogP contribution in [-0.4, -0.2) is 75.5 Å². The molecular weight excluding hydrogens is 356 g/mol. The van der Waals surface area contributed by atoms with Crippen LogP contribution >= 0.6 is 0 Å². The molecule has 4 atom stereocenters. The van der Waals surface area contributed by atoms with Gasteiger partial charge in [-0.3, -0.25) is 20.0 Å². The third kappa shape index (κ3) is 2.79. The van der Waals surface area contributed by atoms with E-state index in [2.05, 4.69) is 48.3 Å². The minimum Gasteiger partial charge on any atom is -0.310 e. The van der Waals surface area contributed by atoms with Gasteiger partial charge in [-0.1, -0.05) is 29.8 Å². The lowest BCUT2D eigenvalue weighted by Gasteiger charge is -2.44. The number of benzene rings is 1. The topological polar surface area (TPSA) is 71.5 Å². The number of nitrogens with zero attached hydrogens (tertiary/aromatic N) is 5. The lowest BCUT2D eigenvalue weighted by molar-refractivity contribution is -0.139. The number of amides is 3. The Kier molecular flexibility index (Phi) is 4.63. The van der Waals surface area contributed by atoms with Gasteiger partial charge in [-0.25, -0.2) is 9.69 Å². The van der Waals surface area contributed by atoms with E-state index in [1.54, 1.807) is 11.9 Å². The fourth-order valence-electron chi connectivity index (χ4n) is 4.34. The second-order valence-electron chi connectivity index (χ2n) is 7.85. The van der Waals surface area contributed by atoms with Gasteiger partial charge in [0.15, 0.2) is 6.29 Å². The van der Waals surface area contributed by atoms with E-state index in [-0.39, 0.29) is 30.4 Å². The Balaban J connectivity index is 1.68. The van der Waals surface area contributed by atoms with Crippen LogP contribution < -0.4 is 5.32 Å². The molecule has 4 rings (SSSR count). The van der Waals surface area contributed by atoms with Crippen LogP contribution in [0, 0.1) is 6.92 Å². The molecule has 1 aromatic rings. The highest BCUT2D eigenvalue weighted by atomic mass is 16.2. The number of hydrogen-bond acceptors (Lipinski definition) is 6. The fraction of sp³-hybridized carbons (Fsp3) is 0.550. The summed E-state index contributed by atoms with van der Waals surface area (Å²) in [6.07, 6.45) is -0.608. The van der Waals surface area contributed by atoms with Gasteiger partial charge < -0.3 is 4.90 Å². The van der Waals surface area contributed by atoms with Crippen LogP contribution in [0.3, 0.4) is 0 Å². The molecule has 1 N–H and O–H groups in total. The van der Waals surface area contributed by atoms with Gasteiger partial charge in [0.1, 0.15) is 12.2 Å². The summed E-state index contributed by atoms with van der Waals surface area (Å²) >= 11 is 0. The van der Waals surface area contributed by atoms with E-state index in [9.17, 15) is 9.59 Å². The van der Waals surface area contributed by atoms with Gasteiger partial charge in [-0.05, 0) is 33.3 Å². The van der Waals surface area contributed by atoms with Gasteiger partial charge in [-0.15, -0.1) is 0 Å². The van der Waals surface area contributed by atoms with Crippen molar-refractivity contribution in [3.63, 3.8) is 0 Å². The average molecular weight is 384 g/mol. The second kappa shape index (κ2) is 6.86. The largest absolute Gasteiger partial charge is 0.327 e. The smallest absolute Gasteiger partial charge is 0.310 e. The van der Waals surface area contributed by atoms with Gasteiger partial charge in [0, 0.05) is 13.6 Å². The van der Waals surface area contributed by atoms with Crippen molar-refractivity contribution in [2.24, 2.45) is 5.10 Å². The van der Waals surface area contributed by atoms with Gasteiger partial charge >= 0.3 is 6.03 Å². The molecule has 0 spiro atoms. The Bertz CT molecular complexity index is 822. The predicted octanol–water partition coefficient (Wildman–Crippen LogP) is 1.37. The summed E-state index contributed by atoms with van der Waals surface area (Å²) in [7, 11) is 1.75. The number of aryl methyl sites for hydroxylation is 1. The number of carbonyl (C=O) groups excluding carboxylic acids is 2. The highest BCUT2D eigenvalue weighted by Crippen LogP contribution is 2.33. The van der Waals surface area contributed by atoms with Crippen molar-refractivity contribution in [2.45, 2.75) is 58.8 Å². The van der Waals surface area contributed by atoms with Crippen LogP contribution in [0.25, 0.3) is 0 Å². The van der Waals surface area contributed by atoms with E-state index in [4.69, 9.17) is 5.10 Å². The fourth-order valence-corrected chi connectivity index (χ4v) is 4.34. The molecule has 3 aliphatic rings. The Hall–Kier alpha value is -2.45. The van der Waals surface area contributed by atoms with Gasteiger partial charge in [-0.2, -0.15) is 5.10 Å². The molecule has 4 unspecified atom stereocenters. The zero-order valence-electron chi connectivity index (χ0n) is 17.1. The maximum absolute atomic E-state index is 13.1. The number of likely N-dealkylation sites (N-methyl/N-ethyl adjacent to an activating group) is 2. The van der Waals surface area contributed by atoms with Crippen molar-refractivity contribution in [3.8, 4) is 0 Å². The SMILES string of the molecule is CCN1C(=O)C2C(NC3N(Cc4ccc(C)cc4)N=C(C)C(C)N23)N(C)C1=O. The number of imide groups is 1. The molecule has 1 aromatic carbocycles. The molecule has 3 aliphatic heterocycles. The van der Waals surface area contributed by atoms with Crippen LogP contribution in [0.1, 0.15) is 31.9 Å². The number of nitrogens with one attached hydrogen (secondary N) is 1. The van der Waals surface area contributed by atoms with E-state index in [0.29, 0.717) is 13.1 Å². The number of rotatable bonds is 3. The van der Waals surface area contributed by atoms with Gasteiger partial charge in [0.05, 0.1) is 18.3 Å². The van der Waals surface area contributed by atoms with E-state index in [1.807, 2.05) is 18.9 Å². The number of hydrogen-bond donors (Lipinski definition) is 1. The zero-order valence-corrected chi connectivity index (χ0v) is 17.1. The van der Waals surface area contributed by atoms with E-state index < -0.39 is 6.04 Å². The molecule has 0 radical (unpaired) electrons. The maximum Gasteiger partial charge on any atom is 0.327 e. The summed E-state index contributed by atoms with van der Waals surface area (Å²) in [6.45, 7) is 8.96. The van der Waals surface area contributed by atoms with Crippen LogP contribution in [0.5, 0.6) is 0 Å². The molecule has 3 amide bonds. The summed E-state index contributed by atoms with van der Waals surface area (Å²) in [5, 5.41) is 10.3. The predicted molar refractivity (Wildman–Crippen MR) is 106 cm³/mol. The van der Waals surface area contributed by atoms with E-state index >= 15 is 0 Å². The standard InChI is InChI=1S/C20H28N6O2/c1-6-24-18(27)16-17(23(5)20(24)28)21-19-25(22-13(3)14(4)26(16)19)11-15-9-7-12(2)8-10-15/h7-10,14,16-17,19,21H,6,11H2,1-5H3. The molecule has 8 nitrogen and oxygen atoms in total. The molecule has 0 saturated carbocycles. The minimum absolute atomic E-state index is 0.00558. The van der Waals surface area contributed by atoms with E-state index in [0.717, 1.165) is 11.3 Å². The van der Waals surface area contributed by atoms with Gasteiger partial charge in [0.2, 0.25) is 0 Å². The third-order valence-corrected chi connectivity index (χ3v) is 6.09. The second-order valence-corrected chi connectivity index (χ2v) is 7.85. The molecular formula is C20H28N6O2. The summed E-state index contributed by atoms with van der Waals surface area (Å²) < 4.78 is 0. The maximum atomic E-state index is 13.1. The number of hydrazone groups is 1. The molecule has 0 aromatic heterocycles. The Labute approximate surface area is 165 Å². The van der Waals surface area contributed by atoms with Crippen molar-refractivity contribution in [1.82, 2.24) is 25.0 Å². The average Bonchev–Trinajstić information content (AvgIpc) is 3.08. The molecule has 0 aliphatic carbocycles. The summed E-state index contributed by atoms with van der Waals surface area (Å²) in [4.78, 5) is 30.9. The monoisotopic (exact) mass is 384 g/mol. The Morgan fingerprint density at radius 3 is 2.46 bits per heavy atom. The molecule has 28 heavy (non-hydrogen) atoms. The van der Waals surface area contributed by atoms with Crippen molar-refractivity contribution in [3.05, 3.63) is 35.4 Å². The summed E-state index contributed by atoms with van der Waals surface area (Å²) in [6, 6.07) is 7.71. The highest BCUT2D eigenvalue weighted by Gasteiger charge is 2.57. The number of carbonyl (C=O) groups is 2. The first-order valence-corrected chi connectivity index (χ1v) is 9.82. The Morgan fingerprint density at radius 1 is 1.14 bits per heavy atom. The van der Waals surface area contributed by atoms with Crippen LogP contribution in [-0.2, 0) is 11.3 Å². The minimum atomic E-state index is -0.423. The number of urea groups is 1. The molecule has 3 heterocycles. The molecule has 2 fully saturated rings. The first-order valence-electron chi connectivity index (χ1n) is 9.82. The summed E-state index contributed by atoms with van der Waals surface area (Å²) in [5.41, 5.74) is 3.33. The van der Waals surface area contributed by atoms with Crippen molar-refractivity contribution >= 4 is 17.6 Å². The van der Waals surface area contributed by atoms with Crippen molar-refractivity contribution in [1.29, 1.82) is 0 Å². The third-order valence-electron chi connectivity index (χ3n) is 6.09. The van der Waals surface area contributed by atoms with Crippen LogP contribution in [0.4, 0.5) is 4.79 Å². The first-order chi connectivity index (χ1) is 13.3. The summed E-state index contributed by atoms with van der Waals surface area (Å²) in [5.74, 6) is -0.137. The van der Waals surface area contributed by atoms with E-state index in [1.165, 1.54) is 10.5 Å². The molecule has 8 heteroatoms. The molecule has 2 saturated heterocycles. The van der Waals surface area contributed by atoms with Gasteiger partial charge in [0.25, 0.3) is 5.91 Å². The zero-order chi connectivity index (χ0) is 20.2. The Morgan fingerprint density at radius 2 is 1.82 bits per heavy atom. The van der Waals surface area contributed by atoms with Crippen molar-refractivity contribution in [2.75, 3.05) is 13.6 Å². The quantitative estimate of drug-likeness (QED) is 0.852. The molecule has 150 valence electrons. The lowest BCUT2D eigenvalue weighted by Crippen LogP contribution is -2.67. The highest BCUT2D eigenvalue weighted by molar-refractivity contribution is 6.01.